The molecule has 0 unspecified atom stereocenters. The number of amides is 1. The van der Waals surface area contributed by atoms with Gasteiger partial charge in [-0.1, -0.05) is 23.7 Å². The zero-order valence-corrected chi connectivity index (χ0v) is 17.8. The number of aryl methyl sites for hydroxylation is 1. The fourth-order valence-corrected chi connectivity index (χ4v) is 5.06. The van der Waals surface area contributed by atoms with Gasteiger partial charge in [0.1, 0.15) is 11.5 Å². The highest BCUT2D eigenvalue weighted by molar-refractivity contribution is 7.17. The van der Waals surface area contributed by atoms with Crippen LogP contribution in [0.2, 0.25) is 5.02 Å². The average Bonchev–Trinajstić information content (AvgIpc) is 2.90. The first-order chi connectivity index (χ1) is 13.5. The topological polar surface area (TPSA) is 45.1 Å². The van der Waals surface area contributed by atoms with E-state index < -0.39 is 0 Å². The molecule has 0 atom stereocenters. The minimum atomic E-state index is 0.0489. The normalized spacial score (nSPS) is 18.0. The molecule has 1 saturated heterocycles. The summed E-state index contributed by atoms with van der Waals surface area (Å²) in [5, 5.41) is 1.68. The maximum atomic E-state index is 13.0. The Balaban J connectivity index is 1.69. The Hall–Kier alpha value is -1.73. The van der Waals surface area contributed by atoms with Crippen LogP contribution in [0.3, 0.4) is 0 Å². The minimum absolute atomic E-state index is 0.0489. The van der Waals surface area contributed by atoms with Gasteiger partial charge in [-0.2, -0.15) is 0 Å². The lowest BCUT2D eigenvalue weighted by Crippen LogP contribution is -2.43. The van der Waals surface area contributed by atoms with Crippen molar-refractivity contribution >= 4 is 39.6 Å². The van der Waals surface area contributed by atoms with Gasteiger partial charge in [0, 0.05) is 47.2 Å². The number of hydrogen-bond donors (Lipinski definition) is 0. The molecule has 0 bridgehead atoms. The van der Waals surface area contributed by atoms with E-state index in [2.05, 4.69) is 18.7 Å². The van der Waals surface area contributed by atoms with Gasteiger partial charge >= 0.3 is 0 Å². The van der Waals surface area contributed by atoms with Crippen molar-refractivity contribution in [3.63, 3.8) is 0 Å². The quantitative estimate of drug-likeness (QED) is 0.764. The third-order valence-corrected chi connectivity index (χ3v) is 6.83. The number of hydrogen-bond acceptors (Lipinski definition) is 5. The van der Waals surface area contributed by atoms with Gasteiger partial charge in [0.25, 0.3) is 0 Å². The lowest BCUT2D eigenvalue weighted by Gasteiger charge is -2.29. The van der Waals surface area contributed by atoms with E-state index >= 15 is 0 Å². The fourth-order valence-electron chi connectivity index (χ4n) is 3.67. The number of morpholine rings is 1. The van der Waals surface area contributed by atoms with Crippen molar-refractivity contribution in [3.8, 4) is 0 Å². The molecule has 5 nitrogen and oxygen atoms in total. The van der Waals surface area contributed by atoms with Crippen molar-refractivity contribution in [2.75, 3.05) is 50.8 Å². The first-order valence-electron chi connectivity index (χ1n) is 9.56. The first kappa shape index (κ1) is 19.6. The summed E-state index contributed by atoms with van der Waals surface area (Å²) < 4.78 is 5.43. The molecule has 2 aliphatic heterocycles. The van der Waals surface area contributed by atoms with Gasteiger partial charge < -0.3 is 9.64 Å². The van der Waals surface area contributed by atoms with E-state index in [9.17, 15) is 4.79 Å². The Morgan fingerprint density at radius 3 is 2.75 bits per heavy atom. The van der Waals surface area contributed by atoms with Crippen molar-refractivity contribution in [2.24, 2.45) is 4.99 Å². The smallest absolute Gasteiger partial charge is 0.249 e. The number of aliphatic imine (C=N–C) groups is 1. The molecule has 148 valence electrons. The molecule has 1 fully saturated rings. The number of anilines is 1. The number of ether oxygens (including phenoxy) is 1. The molecule has 2 aromatic rings. The van der Waals surface area contributed by atoms with Crippen LogP contribution in [0, 0.1) is 13.8 Å². The predicted octanol–water partition coefficient (Wildman–Crippen LogP) is 3.53. The van der Waals surface area contributed by atoms with Crippen LogP contribution in [0.15, 0.2) is 29.3 Å². The molecular weight excluding hydrogens is 394 g/mol. The average molecular weight is 418 g/mol. The number of rotatable bonds is 4. The summed E-state index contributed by atoms with van der Waals surface area (Å²) in [5.74, 6) is 0.0489. The van der Waals surface area contributed by atoms with E-state index in [1.54, 1.807) is 11.3 Å². The van der Waals surface area contributed by atoms with E-state index in [1.165, 1.54) is 10.4 Å². The van der Waals surface area contributed by atoms with Crippen molar-refractivity contribution in [1.29, 1.82) is 0 Å². The van der Waals surface area contributed by atoms with Crippen LogP contribution >= 0.6 is 22.9 Å². The van der Waals surface area contributed by atoms with Gasteiger partial charge in [-0.25, -0.2) is 0 Å². The van der Waals surface area contributed by atoms with Crippen molar-refractivity contribution in [2.45, 2.75) is 13.8 Å². The molecule has 1 aromatic carbocycles. The second-order valence-corrected chi connectivity index (χ2v) is 8.78. The SMILES string of the molecule is Cc1sc2c(c1C)C(c1cccc(Cl)c1)=NCC(=O)N2CCN1CCOCC1. The molecule has 7 heteroatoms. The molecule has 0 aliphatic carbocycles. The maximum Gasteiger partial charge on any atom is 0.249 e. The standard InChI is InChI=1S/C21H24ClN3O2S/c1-14-15(2)28-21-19(14)20(16-4-3-5-17(22)12-16)23-13-18(26)25(21)7-6-24-8-10-27-11-9-24/h3-5,12H,6-11,13H2,1-2H3. The Kier molecular flexibility index (Phi) is 5.83. The largest absolute Gasteiger partial charge is 0.379 e. The van der Waals surface area contributed by atoms with Gasteiger partial charge in [0.2, 0.25) is 5.91 Å². The summed E-state index contributed by atoms with van der Waals surface area (Å²) in [4.78, 5) is 23.2. The lowest BCUT2D eigenvalue weighted by atomic mass is 10.00. The van der Waals surface area contributed by atoms with E-state index in [4.69, 9.17) is 21.3 Å². The van der Waals surface area contributed by atoms with Gasteiger partial charge in [-0.15, -0.1) is 11.3 Å². The zero-order valence-electron chi connectivity index (χ0n) is 16.2. The van der Waals surface area contributed by atoms with E-state index in [0.29, 0.717) is 11.6 Å². The highest BCUT2D eigenvalue weighted by Crippen LogP contribution is 2.38. The van der Waals surface area contributed by atoms with Crippen LogP contribution < -0.4 is 4.90 Å². The summed E-state index contributed by atoms with van der Waals surface area (Å²) >= 11 is 7.90. The first-order valence-corrected chi connectivity index (χ1v) is 10.8. The highest BCUT2D eigenvalue weighted by Gasteiger charge is 2.30. The Labute approximate surface area is 174 Å². The molecule has 2 aliphatic rings. The van der Waals surface area contributed by atoms with Crippen LogP contribution in [-0.2, 0) is 9.53 Å². The maximum absolute atomic E-state index is 13.0. The number of carbonyl (C=O) groups is 1. The summed E-state index contributed by atoms with van der Waals surface area (Å²) in [7, 11) is 0. The fraction of sp³-hybridized carbons (Fsp3) is 0.429. The summed E-state index contributed by atoms with van der Waals surface area (Å²) in [6, 6.07) is 7.71. The molecule has 0 radical (unpaired) electrons. The number of carbonyl (C=O) groups excluding carboxylic acids is 1. The third kappa shape index (κ3) is 3.87. The molecule has 1 aromatic heterocycles. The number of fused-ring (bicyclic) bond motifs is 1. The Bertz CT molecular complexity index is 918. The lowest BCUT2D eigenvalue weighted by molar-refractivity contribution is -0.117. The van der Waals surface area contributed by atoms with Crippen LogP contribution in [-0.4, -0.2) is 62.5 Å². The monoisotopic (exact) mass is 417 g/mol. The molecule has 0 N–H and O–H groups in total. The number of thiophene rings is 1. The minimum Gasteiger partial charge on any atom is -0.379 e. The molecule has 3 heterocycles. The molecule has 1 amide bonds. The van der Waals surface area contributed by atoms with E-state index in [1.807, 2.05) is 29.2 Å². The molecule has 0 saturated carbocycles. The molecule has 28 heavy (non-hydrogen) atoms. The zero-order chi connectivity index (χ0) is 19.7. The van der Waals surface area contributed by atoms with Crippen LogP contribution in [0.1, 0.15) is 21.6 Å². The Morgan fingerprint density at radius 1 is 1.21 bits per heavy atom. The summed E-state index contributed by atoms with van der Waals surface area (Å²) in [6.07, 6.45) is 0. The third-order valence-electron chi connectivity index (χ3n) is 5.36. The highest BCUT2D eigenvalue weighted by atomic mass is 35.5. The number of benzene rings is 1. The van der Waals surface area contributed by atoms with Gasteiger partial charge in [-0.05, 0) is 31.5 Å². The van der Waals surface area contributed by atoms with Gasteiger partial charge in [0.15, 0.2) is 0 Å². The van der Waals surface area contributed by atoms with Crippen LogP contribution in [0.4, 0.5) is 5.00 Å². The van der Waals surface area contributed by atoms with Crippen molar-refractivity contribution in [3.05, 3.63) is 50.9 Å². The number of halogens is 1. The van der Waals surface area contributed by atoms with E-state index in [-0.39, 0.29) is 12.5 Å². The van der Waals surface area contributed by atoms with Gasteiger partial charge in [0.05, 0.1) is 18.9 Å². The number of nitrogens with zero attached hydrogens (tertiary/aromatic N) is 3. The Morgan fingerprint density at radius 2 is 2.00 bits per heavy atom. The van der Waals surface area contributed by atoms with Gasteiger partial charge in [-0.3, -0.25) is 14.7 Å². The van der Waals surface area contributed by atoms with Crippen molar-refractivity contribution < 1.29 is 9.53 Å². The predicted molar refractivity (Wildman–Crippen MR) is 115 cm³/mol. The summed E-state index contributed by atoms with van der Waals surface area (Å²) in [5.41, 5.74) is 4.07. The molecule has 4 rings (SSSR count). The van der Waals surface area contributed by atoms with Crippen LogP contribution in [0.5, 0.6) is 0 Å². The summed E-state index contributed by atoms with van der Waals surface area (Å²) in [6.45, 7) is 9.25. The second kappa shape index (κ2) is 8.33. The molecular formula is C21H24ClN3O2S. The van der Waals surface area contributed by atoms with Crippen LogP contribution in [0.25, 0.3) is 0 Å². The molecule has 0 spiro atoms. The van der Waals surface area contributed by atoms with Crippen molar-refractivity contribution in [1.82, 2.24) is 4.90 Å². The second-order valence-electron chi connectivity index (χ2n) is 7.14. The van der Waals surface area contributed by atoms with E-state index in [0.717, 1.165) is 54.7 Å².